The molecule has 1 aromatic carbocycles. The fourth-order valence-corrected chi connectivity index (χ4v) is 1.22. The van der Waals surface area contributed by atoms with E-state index in [9.17, 15) is 40.0 Å². The van der Waals surface area contributed by atoms with Crippen molar-refractivity contribution < 1.29 is 39.7 Å². The van der Waals surface area contributed by atoms with Crippen LogP contribution in [-0.2, 0) is 9.68 Å². The van der Waals surface area contributed by atoms with E-state index < -0.39 is 44.7 Å². The fraction of sp³-hybridized carbons (Fsp3) is 0. The number of carbonyl (C=O) groups is 2. The number of rotatable bonds is 4. The van der Waals surface area contributed by atoms with Crippen molar-refractivity contribution in [3.05, 3.63) is 43.5 Å². The van der Waals surface area contributed by atoms with Crippen LogP contribution in [0.25, 0.3) is 0 Å². The van der Waals surface area contributed by atoms with Crippen LogP contribution in [0.1, 0.15) is 20.7 Å². The van der Waals surface area contributed by atoms with E-state index in [1.807, 2.05) is 0 Å². The van der Waals surface area contributed by atoms with Crippen LogP contribution in [0.4, 0.5) is 0 Å². The highest BCUT2D eigenvalue weighted by Crippen LogP contribution is 2.30. The summed E-state index contributed by atoms with van der Waals surface area (Å²) < 4.78 is 0. The van der Waals surface area contributed by atoms with Crippen molar-refractivity contribution in [1.29, 1.82) is 0 Å². The zero-order valence-corrected chi connectivity index (χ0v) is 9.21. The van der Waals surface area contributed by atoms with Gasteiger partial charge in [0.1, 0.15) is 22.6 Å². The largest absolute Gasteiger partial charge is 0.507 e. The molecule has 0 radical (unpaired) electrons. The van der Waals surface area contributed by atoms with Gasteiger partial charge in [0.05, 0.1) is 0 Å². The molecule has 106 valence electrons. The second-order valence-corrected chi connectivity index (χ2v) is 3.06. The first-order valence-corrected chi connectivity index (χ1v) is 4.52. The van der Waals surface area contributed by atoms with Gasteiger partial charge >= 0.3 is 22.1 Å². The zero-order chi connectivity index (χ0) is 15.4. The zero-order valence-electron chi connectivity index (χ0n) is 9.21. The standard InChI is InChI=1S/C8H4N2O10/c11-3-1-2-4(12)6(8(14)20-10(17)18)5(3)7(13)19-9(15)16/h1-2,11-12H. The number of hydrogen-bond donors (Lipinski definition) is 2. The predicted molar refractivity (Wildman–Crippen MR) is 54.6 cm³/mol. The average Bonchev–Trinajstić information content (AvgIpc) is 2.29. The molecule has 1 rings (SSSR count). The highest BCUT2D eigenvalue weighted by atomic mass is 17.0. The third kappa shape index (κ3) is 3.06. The van der Waals surface area contributed by atoms with Gasteiger partial charge in [0.2, 0.25) is 0 Å². The molecule has 0 aliphatic heterocycles. The van der Waals surface area contributed by atoms with Gasteiger partial charge in [-0.15, -0.1) is 20.2 Å². The van der Waals surface area contributed by atoms with Crippen molar-refractivity contribution in [1.82, 2.24) is 0 Å². The average molecular weight is 288 g/mol. The van der Waals surface area contributed by atoms with Crippen LogP contribution in [0.2, 0.25) is 0 Å². The lowest BCUT2D eigenvalue weighted by atomic mass is 10.1. The van der Waals surface area contributed by atoms with E-state index in [4.69, 9.17) is 0 Å². The van der Waals surface area contributed by atoms with Crippen LogP contribution in [0, 0.1) is 20.2 Å². The Morgan fingerprint density at radius 2 is 1.20 bits per heavy atom. The van der Waals surface area contributed by atoms with E-state index in [2.05, 4.69) is 9.68 Å². The summed E-state index contributed by atoms with van der Waals surface area (Å²) in [7, 11) is 0. The molecule has 0 aliphatic rings. The lowest BCUT2D eigenvalue weighted by Gasteiger charge is -2.09. The summed E-state index contributed by atoms with van der Waals surface area (Å²) in [5.41, 5.74) is -2.29. The maximum absolute atomic E-state index is 11.3. The first-order chi connectivity index (χ1) is 9.23. The van der Waals surface area contributed by atoms with Crippen LogP contribution in [-0.4, -0.2) is 32.3 Å². The lowest BCUT2D eigenvalue weighted by Crippen LogP contribution is -2.18. The van der Waals surface area contributed by atoms with Gasteiger partial charge in [-0.25, -0.2) is 9.68 Å². The molecule has 0 spiro atoms. The van der Waals surface area contributed by atoms with Crippen molar-refractivity contribution >= 4 is 11.9 Å². The van der Waals surface area contributed by atoms with Gasteiger partial charge < -0.3 is 10.2 Å². The number of aromatic hydroxyl groups is 2. The number of benzene rings is 1. The fourth-order valence-electron chi connectivity index (χ4n) is 1.22. The third-order valence-electron chi connectivity index (χ3n) is 1.88. The topological polar surface area (TPSA) is 179 Å². The lowest BCUT2D eigenvalue weighted by molar-refractivity contribution is -0.727. The van der Waals surface area contributed by atoms with Crippen molar-refractivity contribution in [3.8, 4) is 11.5 Å². The number of phenols is 2. The molecule has 0 amide bonds. The van der Waals surface area contributed by atoms with Crippen LogP contribution in [0.3, 0.4) is 0 Å². The number of hydrogen-bond acceptors (Lipinski definition) is 10. The molecule has 20 heavy (non-hydrogen) atoms. The molecule has 1 aromatic rings. The van der Waals surface area contributed by atoms with E-state index in [1.54, 1.807) is 0 Å². The Balaban J connectivity index is 3.38. The van der Waals surface area contributed by atoms with Crippen LogP contribution >= 0.6 is 0 Å². The van der Waals surface area contributed by atoms with Crippen LogP contribution < -0.4 is 0 Å². The Kier molecular flexibility index (Phi) is 4.00. The molecule has 0 aromatic heterocycles. The molecule has 12 nitrogen and oxygen atoms in total. The monoisotopic (exact) mass is 288 g/mol. The first kappa shape index (κ1) is 14.6. The summed E-state index contributed by atoms with van der Waals surface area (Å²) in [6.07, 6.45) is 0. The number of carbonyl (C=O) groups excluding carboxylic acids is 2. The second-order valence-electron chi connectivity index (χ2n) is 3.06. The van der Waals surface area contributed by atoms with E-state index in [0.717, 1.165) is 12.1 Å². The maximum atomic E-state index is 11.3. The summed E-state index contributed by atoms with van der Waals surface area (Å²) in [4.78, 5) is 49.7. The Morgan fingerprint density at radius 1 is 0.900 bits per heavy atom. The summed E-state index contributed by atoms with van der Waals surface area (Å²) in [6.45, 7) is 0. The summed E-state index contributed by atoms with van der Waals surface area (Å²) in [5.74, 6) is -5.60. The highest BCUT2D eigenvalue weighted by molar-refractivity contribution is 6.06. The molecular formula is C8H4N2O10. The normalized spacial score (nSPS) is 9.60. The van der Waals surface area contributed by atoms with Crippen molar-refractivity contribution in [2.45, 2.75) is 0 Å². The Morgan fingerprint density at radius 3 is 1.45 bits per heavy atom. The Hall–Kier alpha value is -3.44. The predicted octanol–water partition coefficient (Wildman–Crippen LogP) is -0.205. The van der Waals surface area contributed by atoms with Crippen molar-refractivity contribution in [3.63, 3.8) is 0 Å². The molecule has 0 fully saturated rings. The van der Waals surface area contributed by atoms with E-state index in [1.165, 1.54) is 0 Å². The quantitative estimate of drug-likeness (QED) is 0.427. The molecular weight excluding hydrogens is 284 g/mol. The third-order valence-corrected chi connectivity index (χ3v) is 1.88. The smallest absolute Gasteiger partial charge is 0.339 e. The minimum Gasteiger partial charge on any atom is -0.507 e. The van der Waals surface area contributed by atoms with Gasteiger partial charge in [-0.05, 0) is 12.1 Å². The molecule has 2 N–H and O–H groups in total. The Labute approximate surface area is 108 Å². The van der Waals surface area contributed by atoms with Gasteiger partial charge in [0, 0.05) is 0 Å². The van der Waals surface area contributed by atoms with Crippen LogP contribution in [0.5, 0.6) is 11.5 Å². The summed E-state index contributed by atoms with van der Waals surface area (Å²) in [5, 5.41) is 35.7. The highest BCUT2D eigenvalue weighted by Gasteiger charge is 2.29. The molecule has 0 saturated carbocycles. The number of phenolic OH excluding ortho intramolecular Hbond substituents is 2. The summed E-state index contributed by atoms with van der Waals surface area (Å²) in [6, 6.07) is 1.43. The molecule has 0 bridgehead atoms. The van der Waals surface area contributed by atoms with Gasteiger partial charge in [0.25, 0.3) is 0 Å². The maximum Gasteiger partial charge on any atom is 0.339 e. The molecule has 0 atom stereocenters. The van der Waals surface area contributed by atoms with Crippen molar-refractivity contribution in [2.24, 2.45) is 0 Å². The van der Waals surface area contributed by atoms with Gasteiger partial charge in [-0.3, -0.25) is 9.59 Å². The SMILES string of the molecule is O=C(O[N+](=O)[O-])c1c(O)ccc(O)c1C(=O)O[N+](=O)[O-]. The minimum atomic E-state index is -1.82. The molecule has 0 unspecified atom stereocenters. The molecule has 12 heteroatoms. The van der Waals surface area contributed by atoms with E-state index in [-0.39, 0.29) is 0 Å². The van der Waals surface area contributed by atoms with E-state index >= 15 is 0 Å². The Bertz CT molecular complexity index is 557. The molecule has 0 aliphatic carbocycles. The van der Waals surface area contributed by atoms with Gasteiger partial charge in [-0.1, -0.05) is 0 Å². The van der Waals surface area contributed by atoms with Crippen LogP contribution in [0.15, 0.2) is 12.1 Å². The number of nitrogens with zero attached hydrogens (tertiary/aromatic N) is 2. The summed E-state index contributed by atoms with van der Waals surface area (Å²) >= 11 is 0. The molecule has 0 saturated heterocycles. The van der Waals surface area contributed by atoms with Crippen molar-refractivity contribution in [2.75, 3.05) is 0 Å². The first-order valence-electron chi connectivity index (χ1n) is 4.52. The van der Waals surface area contributed by atoms with Gasteiger partial charge in [0.15, 0.2) is 0 Å². The van der Waals surface area contributed by atoms with Gasteiger partial charge in [-0.2, -0.15) is 0 Å². The minimum absolute atomic E-state index is 0.717. The molecule has 0 heterocycles. The van der Waals surface area contributed by atoms with E-state index in [0.29, 0.717) is 0 Å². The second kappa shape index (κ2) is 5.47.